The van der Waals surface area contributed by atoms with E-state index in [-0.39, 0.29) is 5.41 Å². The second-order valence-electron chi connectivity index (χ2n) is 7.11. The van der Waals surface area contributed by atoms with Crippen molar-refractivity contribution in [2.75, 3.05) is 19.0 Å². The van der Waals surface area contributed by atoms with Crippen LogP contribution in [0.4, 0.5) is 0 Å². The summed E-state index contributed by atoms with van der Waals surface area (Å²) in [4.78, 5) is 10.8. The van der Waals surface area contributed by atoms with Crippen molar-refractivity contribution in [2.45, 2.75) is 36.0 Å². The summed E-state index contributed by atoms with van der Waals surface area (Å²) < 4.78 is 11.3. The Labute approximate surface area is 162 Å². The van der Waals surface area contributed by atoms with Crippen LogP contribution in [0.2, 0.25) is 0 Å². The lowest BCUT2D eigenvalue weighted by atomic mass is 9.76. The minimum Gasteiger partial charge on any atom is -0.381 e. The van der Waals surface area contributed by atoms with Crippen LogP contribution >= 0.6 is 11.8 Å². The average Bonchev–Trinajstić information content (AvgIpc) is 3.25. The van der Waals surface area contributed by atoms with Crippen molar-refractivity contribution in [1.82, 2.24) is 15.1 Å². The van der Waals surface area contributed by atoms with E-state index in [1.54, 1.807) is 0 Å². The molecular weight excluding hydrogens is 358 g/mol. The Morgan fingerprint density at radius 2 is 2.00 bits per heavy atom. The topological polar surface area (TPSA) is 61.0 Å². The number of aromatic nitrogens is 3. The highest BCUT2D eigenvalue weighted by Gasteiger charge is 2.42. The molecule has 3 aromatic rings. The van der Waals surface area contributed by atoms with Gasteiger partial charge in [-0.1, -0.05) is 11.2 Å². The predicted molar refractivity (Wildman–Crippen MR) is 104 cm³/mol. The van der Waals surface area contributed by atoms with Crippen molar-refractivity contribution in [2.24, 2.45) is 0 Å². The summed E-state index contributed by atoms with van der Waals surface area (Å²) in [6, 6.07) is 12.5. The molecule has 138 valence electrons. The van der Waals surface area contributed by atoms with E-state index < -0.39 is 0 Å². The van der Waals surface area contributed by atoms with Gasteiger partial charge < -0.3 is 9.26 Å². The molecule has 0 spiro atoms. The molecule has 5 rings (SSSR count). The van der Waals surface area contributed by atoms with Crippen molar-refractivity contribution in [3.63, 3.8) is 0 Å². The second-order valence-corrected chi connectivity index (χ2v) is 8.24. The van der Waals surface area contributed by atoms with Crippen molar-refractivity contribution in [3.8, 4) is 11.5 Å². The lowest BCUT2D eigenvalue weighted by Gasteiger charge is -2.33. The molecule has 2 aliphatic heterocycles. The van der Waals surface area contributed by atoms with Crippen LogP contribution in [0.1, 0.15) is 36.3 Å². The van der Waals surface area contributed by atoms with Crippen LogP contribution in [0.5, 0.6) is 0 Å². The number of pyridine rings is 1. The average molecular weight is 379 g/mol. The number of hydrogen-bond acceptors (Lipinski definition) is 6. The van der Waals surface area contributed by atoms with E-state index in [0.29, 0.717) is 24.9 Å². The third-order valence-electron chi connectivity index (χ3n) is 5.51. The Kier molecular flexibility index (Phi) is 4.45. The monoisotopic (exact) mass is 379 g/mol. The van der Waals surface area contributed by atoms with Gasteiger partial charge in [-0.2, -0.15) is 4.98 Å². The molecular formula is C21H21N3O2S. The van der Waals surface area contributed by atoms with Gasteiger partial charge in [-0.05, 0) is 67.3 Å². The Balaban J connectivity index is 1.53. The zero-order chi connectivity index (χ0) is 18.1. The number of nitrogens with zero attached hydrogens (tertiary/aromatic N) is 3. The number of benzene rings is 1. The highest BCUT2D eigenvalue weighted by Crippen LogP contribution is 2.40. The lowest BCUT2D eigenvalue weighted by Crippen LogP contribution is -2.36. The molecule has 6 heteroatoms. The SMILES string of the molecule is c1ccc(C2(c3noc(-c4ccc5c(c4)CCCS5)n3)CCOCC2)nc1. The Hall–Kier alpha value is -2.18. The van der Waals surface area contributed by atoms with E-state index >= 15 is 0 Å². The number of thioether (sulfide) groups is 1. The number of rotatable bonds is 3. The van der Waals surface area contributed by atoms with Gasteiger partial charge in [-0.3, -0.25) is 4.98 Å². The number of hydrogen-bond donors (Lipinski definition) is 0. The summed E-state index contributed by atoms with van der Waals surface area (Å²) in [6.45, 7) is 1.35. The summed E-state index contributed by atoms with van der Waals surface area (Å²) in [7, 11) is 0. The molecule has 1 saturated heterocycles. The third-order valence-corrected chi connectivity index (χ3v) is 6.71. The van der Waals surface area contributed by atoms with Crippen molar-refractivity contribution < 1.29 is 9.26 Å². The lowest BCUT2D eigenvalue weighted by molar-refractivity contribution is 0.0584. The highest BCUT2D eigenvalue weighted by molar-refractivity contribution is 7.99. The zero-order valence-electron chi connectivity index (χ0n) is 15.1. The molecule has 1 aromatic carbocycles. The fourth-order valence-corrected chi connectivity index (χ4v) is 5.01. The van der Waals surface area contributed by atoms with Gasteiger partial charge in [0.2, 0.25) is 0 Å². The van der Waals surface area contributed by atoms with Gasteiger partial charge in [-0.15, -0.1) is 11.8 Å². The van der Waals surface area contributed by atoms with Crippen LogP contribution in [-0.4, -0.2) is 34.1 Å². The van der Waals surface area contributed by atoms with Gasteiger partial charge in [0.1, 0.15) is 0 Å². The Bertz CT molecular complexity index is 936. The van der Waals surface area contributed by atoms with Crippen molar-refractivity contribution in [3.05, 3.63) is 59.7 Å². The van der Waals surface area contributed by atoms with Crippen LogP contribution in [-0.2, 0) is 16.6 Å². The fourth-order valence-electron chi connectivity index (χ4n) is 3.99. The molecule has 2 aliphatic rings. The van der Waals surface area contributed by atoms with Gasteiger partial charge in [0.05, 0.1) is 11.1 Å². The van der Waals surface area contributed by atoms with Gasteiger partial charge in [0, 0.05) is 29.9 Å². The second kappa shape index (κ2) is 7.09. The van der Waals surface area contributed by atoms with E-state index in [4.69, 9.17) is 14.2 Å². The first-order valence-corrected chi connectivity index (χ1v) is 10.4. The summed E-state index contributed by atoms with van der Waals surface area (Å²) in [6.07, 6.45) is 5.79. The van der Waals surface area contributed by atoms with Gasteiger partial charge in [0.25, 0.3) is 5.89 Å². The molecule has 27 heavy (non-hydrogen) atoms. The molecule has 1 fully saturated rings. The van der Waals surface area contributed by atoms with Crippen molar-refractivity contribution in [1.29, 1.82) is 0 Å². The molecule has 0 atom stereocenters. The van der Waals surface area contributed by atoms with Crippen molar-refractivity contribution >= 4 is 11.8 Å². The predicted octanol–water partition coefficient (Wildman–Crippen LogP) is 4.27. The standard InChI is InChI=1S/C21H21N3O2S/c1-2-10-22-18(5-1)21(8-11-25-12-9-21)20-23-19(26-24-20)16-6-7-17-15(14-16)4-3-13-27-17/h1-2,5-7,10,14H,3-4,8-9,11-13H2. The summed E-state index contributed by atoms with van der Waals surface area (Å²) in [5.41, 5.74) is 3.03. The highest BCUT2D eigenvalue weighted by atomic mass is 32.2. The smallest absolute Gasteiger partial charge is 0.257 e. The fraction of sp³-hybridized carbons (Fsp3) is 0.381. The van der Waals surface area contributed by atoms with Crippen LogP contribution in [0.25, 0.3) is 11.5 Å². The molecule has 0 bridgehead atoms. The normalized spacial score (nSPS) is 18.8. The molecule has 4 heterocycles. The van der Waals surface area contributed by atoms with Gasteiger partial charge in [0.15, 0.2) is 5.82 Å². The number of fused-ring (bicyclic) bond motifs is 1. The van der Waals surface area contributed by atoms with E-state index in [1.807, 2.05) is 30.1 Å². The van der Waals surface area contributed by atoms with E-state index in [0.717, 1.165) is 30.5 Å². The molecule has 0 unspecified atom stereocenters. The third kappa shape index (κ3) is 3.07. The number of ether oxygens (including phenoxy) is 1. The first kappa shape index (κ1) is 17.0. The Morgan fingerprint density at radius 3 is 2.85 bits per heavy atom. The molecule has 0 radical (unpaired) electrons. The molecule has 0 aliphatic carbocycles. The first-order valence-electron chi connectivity index (χ1n) is 9.45. The molecule has 2 aromatic heterocycles. The minimum atomic E-state index is -0.342. The largest absolute Gasteiger partial charge is 0.381 e. The van der Waals surface area contributed by atoms with Crippen LogP contribution in [0.3, 0.4) is 0 Å². The molecule has 0 saturated carbocycles. The maximum Gasteiger partial charge on any atom is 0.257 e. The van der Waals surface area contributed by atoms with Gasteiger partial charge >= 0.3 is 0 Å². The summed E-state index contributed by atoms with van der Waals surface area (Å²) >= 11 is 1.93. The van der Waals surface area contributed by atoms with E-state index in [1.165, 1.54) is 22.6 Å². The molecule has 5 nitrogen and oxygen atoms in total. The van der Waals surface area contributed by atoms with E-state index in [2.05, 4.69) is 34.4 Å². The van der Waals surface area contributed by atoms with Crippen LogP contribution < -0.4 is 0 Å². The van der Waals surface area contributed by atoms with Crippen LogP contribution in [0.15, 0.2) is 52.0 Å². The Morgan fingerprint density at radius 1 is 1.07 bits per heavy atom. The quantitative estimate of drug-likeness (QED) is 0.677. The van der Waals surface area contributed by atoms with Crippen LogP contribution in [0, 0.1) is 0 Å². The van der Waals surface area contributed by atoms with Gasteiger partial charge in [-0.25, -0.2) is 0 Å². The summed E-state index contributed by atoms with van der Waals surface area (Å²) in [5.74, 6) is 2.50. The molecule has 0 amide bonds. The first-order chi connectivity index (χ1) is 13.4. The molecule has 0 N–H and O–H groups in total. The summed E-state index contributed by atoms with van der Waals surface area (Å²) in [5, 5.41) is 4.39. The van der Waals surface area contributed by atoms with E-state index in [9.17, 15) is 0 Å². The zero-order valence-corrected chi connectivity index (χ0v) is 15.9. The maximum absolute atomic E-state index is 5.70. The maximum atomic E-state index is 5.70. The number of aryl methyl sites for hydroxylation is 1. The minimum absolute atomic E-state index is 0.342.